The van der Waals surface area contributed by atoms with Crippen LogP contribution in [-0.2, 0) is 11.3 Å². The van der Waals surface area contributed by atoms with Crippen LogP contribution in [0.25, 0.3) is 11.0 Å². The molecule has 1 aliphatic heterocycles. The fraction of sp³-hybridized carbons (Fsp3) is 0.259. The Morgan fingerprint density at radius 1 is 1.00 bits per heavy atom. The second-order valence-electron chi connectivity index (χ2n) is 8.56. The second kappa shape index (κ2) is 8.91. The van der Waals surface area contributed by atoms with Crippen molar-refractivity contribution in [1.29, 1.82) is 0 Å². The highest BCUT2D eigenvalue weighted by molar-refractivity contribution is 6.30. The Morgan fingerprint density at radius 2 is 1.73 bits per heavy atom. The fourth-order valence-electron chi connectivity index (χ4n) is 4.75. The fourth-order valence-corrected chi connectivity index (χ4v) is 4.88. The molecule has 4 aromatic rings. The number of rotatable bonds is 6. The molecule has 0 unspecified atom stereocenters. The first kappa shape index (κ1) is 21.5. The Bertz CT molecular complexity index is 1290. The Kier molecular flexibility index (Phi) is 5.81. The molecule has 168 valence electrons. The maximum absolute atomic E-state index is 13.1. The molecule has 0 radical (unpaired) electrons. The van der Waals surface area contributed by atoms with Gasteiger partial charge in [0.05, 0.1) is 17.6 Å². The zero-order valence-corrected chi connectivity index (χ0v) is 19.5. The van der Waals surface area contributed by atoms with Crippen LogP contribution in [0.15, 0.2) is 66.7 Å². The van der Waals surface area contributed by atoms with E-state index < -0.39 is 0 Å². The summed E-state index contributed by atoms with van der Waals surface area (Å²) < 4.78 is 8.17. The third-order valence-electron chi connectivity index (χ3n) is 6.28. The van der Waals surface area contributed by atoms with E-state index in [1.807, 2.05) is 53.4 Å². The van der Waals surface area contributed by atoms with Crippen molar-refractivity contribution in [2.75, 3.05) is 18.1 Å². The molecule has 1 fully saturated rings. The molecule has 1 aliphatic rings. The Balaban J connectivity index is 1.42. The Morgan fingerprint density at radius 3 is 2.48 bits per heavy atom. The summed E-state index contributed by atoms with van der Waals surface area (Å²) in [6.45, 7) is 5.90. The molecule has 6 heteroatoms. The van der Waals surface area contributed by atoms with E-state index in [1.54, 1.807) is 0 Å². The first-order valence-electron chi connectivity index (χ1n) is 11.2. The van der Waals surface area contributed by atoms with Crippen LogP contribution in [0.3, 0.4) is 0 Å². The standard InChI is InChI=1S/C27H26ClN3O2/c1-18-6-5-7-19(2)26(18)31-17-20(16-25(31)32)27-29-23-8-3-4-9-24(23)30(27)14-15-33-22-12-10-21(28)11-13-22/h3-13,20H,14-17H2,1-2H3/t20-/m1/s1. The number of halogens is 1. The average molecular weight is 460 g/mol. The van der Waals surface area contributed by atoms with Gasteiger partial charge in [0.25, 0.3) is 0 Å². The molecule has 0 spiro atoms. The first-order valence-corrected chi connectivity index (χ1v) is 11.6. The van der Waals surface area contributed by atoms with Crippen LogP contribution < -0.4 is 9.64 Å². The monoisotopic (exact) mass is 459 g/mol. The van der Waals surface area contributed by atoms with Gasteiger partial charge in [-0.15, -0.1) is 0 Å². The van der Waals surface area contributed by atoms with Crippen molar-refractivity contribution >= 4 is 34.2 Å². The van der Waals surface area contributed by atoms with Gasteiger partial charge in [-0.25, -0.2) is 4.98 Å². The van der Waals surface area contributed by atoms with Crippen LogP contribution >= 0.6 is 11.6 Å². The molecule has 5 nitrogen and oxygen atoms in total. The van der Waals surface area contributed by atoms with E-state index in [9.17, 15) is 4.79 Å². The van der Waals surface area contributed by atoms with Crippen molar-refractivity contribution in [3.63, 3.8) is 0 Å². The van der Waals surface area contributed by atoms with Gasteiger partial charge >= 0.3 is 0 Å². The lowest BCUT2D eigenvalue weighted by molar-refractivity contribution is -0.117. The maximum atomic E-state index is 13.1. The van der Waals surface area contributed by atoms with Crippen molar-refractivity contribution in [3.05, 3.63) is 88.7 Å². The van der Waals surface area contributed by atoms with Gasteiger partial charge in [-0.2, -0.15) is 0 Å². The zero-order valence-electron chi connectivity index (χ0n) is 18.8. The summed E-state index contributed by atoms with van der Waals surface area (Å²) in [6.07, 6.45) is 0.454. The minimum atomic E-state index is 0.0273. The van der Waals surface area contributed by atoms with E-state index in [-0.39, 0.29) is 11.8 Å². The summed E-state index contributed by atoms with van der Waals surface area (Å²) in [4.78, 5) is 20.0. The van der Waals surface area contributed by atoms with Crippen LogP contribution in [-0.4, -0.2) is 28.6 Å². The van der Waals surface area contributed by atoms with Crippen molar-refractivity contribution in [2.24, 2.45) is 0 Å². The topological polar surface area (TPSA) is 47.4 Å². The molecule has 1 amide bonds. The number of carbonyl (C=O) groups is 1. The van der Waals surface area contributed by atoms with Crippen LogP contribution in [0.2, 0.25) is 5.02 Å². The van der Waals surface area contributed by atoms with Gasteiger partial charge in [-0.3, -0.25) is 4.79 Å². The van der Waals surface area contributed by atoms with E-state index in [0.717, 1.165) is 39.4 Å². The Labute approximate surface area is 198 Å². The van der Waals surface area contributed by atoms with E-state index in [4.69, 9.17) is 21.3 Å². The molecule has 33 heavy (non-hydrogen) atoms. The summed E-state index contributed by atoms with van der Waals surface area (Å²) in [5.74, 6) is 1.90. The molecule has 0 aliphatic carbocycles. The van der Waals surface area contributed by atoms with Crippen molar-refractivity contribution in [1.82, 2.24) is 9.55 Å². The van der Waals surface area contributed by atoms with Gasteiger partial charge in [-0.05, 0) is 61.4 Å². The quantitative estimate of drug-likeness (QED) is 0.360. The number of aromatic nitrogens is 2. The molecule has 5 rings (SSSR count). The molecule has 0 N–H and O–H groups in total. The number of aryl methyl sites for hydroxylation is 2. The van der Waals surface area contributed by atoms with Gasteiger partial charge in [0.15, 0.2) is 0 Å². The summed E-state index contributed by atoms with van der Waals surface area (Å²) in [7, 11) is 0. The molecular formula is C27H26ClN3O2. The predicted molar refractivity (Wildman–Crippen MR) is 132 cm³/mol. The number of hydrogen-bond acceptors (Lipinski definition) is 3. The molecule has 0 bridgehead atoms. The lowest BCUT2D eigenvalue weighted by Gasteiger charge is -2.21. The smallest absolute Gasteiger partial charge is 0.227 e. The molecule has 1 atom stereocenters. The highest BCUT2D eigenvalue weighted by atomic mass is 35.5. The first-order chi connectivity index (χ1) is 16.0. The van der Waals surface area contributed by atoms with Gasteiger partial charge in [0.2, 0.25) is 5.91 Å². The summed E-state index contributed by atoms with van der Waals surface area (Å²) in [5, 5.41) is 0.685. The van der Waals surface area contributed by atoms with Crippen LogP contribution in [0.5, 0.6) is 5.75 Å². The molecule has 0 saturated carbocycles. The number of carbonyl (C=O) groups excluding carboxylic acids is 1. The number of nitrogens with zero attached hydrogens (tertiary/aromatic N) is 3. The van der Waals surface area contributed by atoms with Gasteiger partial charge in [0, 0.05) is 29.6 Å². The Hall–Kier alpha value is -3.31. The van der Waals surface area contributed by atoms with Crippen molar-refractivity contribution < 1.29 is 9.53 Å². The van der Waals surface area contributed by atoms with Crippen molar-refractivity contribution in [2.45, 2.75) is 32.7 Å². The highest BCUT2D eigenvalue weighted by Crippen LogP contribution is 2.36. The molecule has 3 aromatic carbocycles. The van der Waals surface area contributed by atoms with Crippen LogP contribution in [0.4, 0.5) is 5.69 Å². The lowest BCUT2D eigenvalue weighted by atomic mass is 10.1. The van der Waals surface area contributed by atoms with Gasteiger partial charge in [0.1, 0.15) is 18.2 Å². The van der Waals surface area contributed by atoms with Crippen LogP contribution in [0, 0.1) is 13.8 Å². The zero-order chi connectivity index (χ0) is 22.9. The highest BCUT2D eigenvalue weighted by Gasteiger charge is 2.35. The average Bonchev–Trinajstić information content (AvgIpc) is 3.36. The number of para-hydroxylation sites is 3. The SMILES string of the molecule is Cc1cccc(C)c1N1C[C@H](c2nc3ccccc3n2CCOc2ccc(Cl)cc2)CC1=O. The maximum Gasteiger partial charge on any atom is 0.227 e. The van der Waals surface area contributed by atoms with E-state index in [2.05, 4.69) is 36.6 Å². The summed E-state index contributed by atoms with van der Waals surface area (Å²) in [6, 6.07) is 21.7. The number of benzene rings is 3. The normalized spacial score (nSPS) is 16.0. The number of hydrogen-bond donors (Lipinski definition) is 0. The second-order valence-corrected chi connectivity index (χ2v) is 8.99. The van der Waals surface area contributed by atoms with E-state index >= 15 is 0 Å². The lowest BCUT2D eigenvalue weighted by Crippen LogP contribution is -2.26. The summed E-state index contributed by atoms with van der Waals surface area (Å²) >= 11 is 5.97. The summed E-state index contributed by atoms with van der Waals surface area (Å²) in [5.41, 5.74) is 5.27. The largest absolute Gasteiger partial charge is 0.492 e. The number of anilines is 1. The van der Waals surface area contributed by atoms with E-state index in [1.165, 1.54) is 0 Å². The predicted octanol–water partition coefficient (Wildman–Crippen LogP) is 5.91. The third-order valence-corrected chi connectivity index (χ3v) is 6.53. The molecule has 1 aromatic heterocycles. The van der Waals surface area contributed by atoms with Gasteiger partial charge < -0.3 is 14.2 Å². The minimum absolute atomic E-state index is 0.0273. The molecule has 2 heterocycles. The minimum Gasteiger partial charge on any atom is -0.492 e. The number of ether oxygens (including phenoxy) is 1. The molecule has 1 saturated heterocycles. The van der Waals surface area contributed by atoms with Crippen LogP contribution in [0.1, 0.15) is 29.3 Å². The number of fused-ring (bicyclic) bond motifs is 1. The number of amides is 1. The molecular weight excluding hydrogens is 434 g/mol. The van der Waals surface area contributed by atoms with Gasteiger partial charge in [-0.1, -0.05) is 41.9 Å². The number of imidazole rings is 1. The van der Waals surface area contributed by atoms with E-state index in [0.29, 0.717) is 31.1 Å². The third kappa shape index (κ3) is 4.21. The van der Waals surface area contributed by atoms with Crippen molar-refractivity contribution in [3.8, 4) is 5.75 Å².